The Labute approximate surface area is 152 Å². The molecule has 134 valence electrons. The molecule has 0 radical (unpaired) electrons. The highest BCUT2D eigenvalue weighted by molar-refractivity contribution is 7.89. The van der Waals surface area contributed by atoms with E-state index in [9.17, 15) is 13.2 Å². The van der Waals surface area contributed by atoms with Crippen LogP contribution in [0.25, 0.3) is 0 Å². The van der Waals surface area contributed by atoms with Crippen LogP contribution in [0.4, 0.5) is 0 Å². The third-order valence-corrected chi connectivity index (χ3v) is 7.00. The Morgan fingerprint density at radius 3 is 2.68 bits per heavy atom. The van der Waals surface area contributed by atoms with Crippen molar-refractivity contribution >= 4 is 27.3 Å². The average Bonchev–Trinajstić information content (AvgIpc) is 3.24. The van der Waals surface area contributed by atoms with E-state index in [1.165, 1.54) is 12.1 Å². The number of carbonyl (C=O) groups excluding carboxylic acids is 1. The Balaban J connectivity index is 1.69. The summed E-state index contributed by atoms with van der Waals surface area (Å²) in [4.78, 5) is 13.6. The van der Waals surface area contributed by atoms with Gasteiger partial charge in [0, 0.05) is 16.5 Å². The topological polar surface area (TPSA) is 75.3 Å². The van der Waals surface area contributed by atoms with Gasteiger partial charge in [0.05, 0.1) is 11.4 Å². The fraction of sp³-hybridized carbons (Fsp3) is 0.389. The quantitative estimate of drug-likeness (QED) is 0.810. The van der Waals surface area contributed by atoms with E-state index in [-0.39, 0.29) is 16.8 Å². The minimum Gasteiger partial charge on any atom is -0.347 e. The van der Waals surface area contributed by atoms with Crippen molar-refractivity contribution in [3.8, 4) is 0 Å². The number of carbonyl (C=O) groups is 1. The fourth-order valence-electron chi connectivity index (χ4n) is 2.98. The van der Waals surface area contributed by atoms with Crippen LogP contribution in [0, 0.1) is 6.92 Å². The minimum atomic E-state index is -3.59. The minimum absolute atomic E-state index is 0.00397. The van der Waals surface area contributed by atoms with Crippen LogP contribution in [-0.4, -0.2) is 20.4 Å². The van der Waals surface area contributed by atoms with Crippen LogP contribution < -0.4 is 10.0 Å². The normalized spacial score (nSPS) is 15.4. The van der Waals surface area contributed by atoms with Gasteiger partial charge in [-0.05, 0) is 55.0 Å². The van der Waals surface area contributed by atoms with Crippen LogP contribution in [0.2, 0.25) is 0 Å². The molecule has 2 aromatic rings. The molecule has 1 aromatic heterocycles. The summed E-state index contributed by atoms with van der Waals surface area (Å²) in [5, 5.41) is 4.84. The third-order valence-electron chi connectivity index (χ3n) is 4.46. The molecule has 0 spiro atoms. The van der Waals surface area contributed by atoms with Gasteiger partial charge in [-0.1, -0.05) is 18.9 Å². The number of thiophene rings is 1. The van der Waals surface area contributed by atoms with Crippen molar-refractivity contribution in [3.63, 3.8) is 0 Å². The van der Waals surface area contributed by atoms with E-state index in [4.69, 9.17) is 0 Å². The lowest BCUT2D eigenvalue weighted by molar-refractivity contribution is 0.0951. The van der Waals surface area contributed by atoms with Crippen LogP contribution >= 0.6 is 11.3 Å². The summed E-state index contributed by atoms with van der Waals surface area (Å²) in [6.07, 6.45) is 3.86. The lowest BCUT2D eigenvalue weighted by Crippen LogP contribution is -2.32. The van der Waals surface area contributed by atoms with Crippen LogP contribution in [0.5, 0.6) is 0 Å². The molecular weight excluding hydrogens is 356 g/mol. The number of hydrogen-bond donors (Lipinski definition) is 2. The molecule has 1 fully saturated rings. The van der Waals surface area contributed by atoms with E-state index < -0.39 is 10.0 Å². The highest BCUT2D eigenvalue weighted by Crippen LogP contribution is 2.21. The van der Waals surface area contributed by atoms with Gasteiger partial charge in [-0.2, -0.15) is 0 Å². The van der Waals surface area contributed by atoms with E-state index in [2.05, 4.69) is 10.0 Å². The molecule has 1 saturated carbocycles. The molecule has 1 aliphatic carbocycles. The summed E-state index contributed by atoms with van der Waals surface area (Å²) in [5.41, 5.74) is 1.49. The van der Waals surface area contributed by atoms with Crippen LogP contribution in [0.1, 0.15) is 46.5 Å². The molecule has 7 heteroatoms. The first-order valence-corrected chi connectivity index (χ1v) is 10.8. The van der Waals surface area contributed by atoms with Gasteiger partial charge < -0.3 is 5.32 Å². The van der Waals surface area contributed by atoms with Crippen molar-refractivity contribution in [2.75, 3.05) is 0 Å². The number of aryl methyl sites for hydroxylation is 1. The highest BCUT2D eigenvalue weighted by Gasteiger charge is 2.23. The number of rotatable bonds is 6. The third kappa shape index (κ3) is 4.48. The van der Waals surface area contributed by atoms with Crippen molar-refractivity contribution in [2.45, 2.75) is 50.1 Å². The second kappa shape index (κ2) is 7.68. The molecule has 0 saturated heterocycles. The van der Waals surface area contributed by atoms with Gasteiger partial charge in [-0.3, -0.25) is 4.79 Å². The molecule has 1 aromatic carbocycles. The number of nitrogens with one attached hydrogen (secondary N) is 2. The Morgan fingerprint density at radius 2 is 2.00 bits per heavy atom. The molecule has 25 heavy (non-hydrogen) atoms. The first-order valence-electron chi connectivity index (χ1n) is 8.39. The zero-order valence-corrected chi connectivity index (χ0v) is 15.8. The second-order valence-corrected chi connectivity index (χ2v) is 9.05. The molecule has 0 bridgehead atoms. The summed E-state index contributed by atoms with van der Waals surface area (Å²) in [5.74, 6) is -0.272. The lowest BCUT2D eigenvalue weighted by Gasteiger charge is -2.13. The van der Waals surface area contributed by atoms with Crippen LogP contribution in [-0.2, 0) is 16.6 Å². The zero-order valence-electron chi connectivity index (χ0n) is 14.1. The number of benzene rings is 1. The molecule has 0 aliphatic heterocycles. The average molecular weight is 379 g/mol. The summed E-state index contributed by atoms with van der Waals surface area (Å²) >= 11 is 1.59. The predicted molar refractivity (Wildman–Crippen MR) is 99.2 cm³/mol. The molecule has 2 N–H and O–H groups in total. The van der Waals surface area contributed by atoms with E-state index in [1.54, 1.807) is 23.5 Å². The number of hydrogen-bond acceptors (Lipinski definition) is 4. The number of amides is 1. The molecule has 1 aliphatic rings. The summed E-state index contributed by atoms with van der Waals surface area (Å²) in [6.45, 7) is 2.44. The van der Waals surface area contributed by atoms with Crippen molar-refractivity contribution in [2.24, 2.45) is 0 Å². The maximum atomic E-state index is 12.5. The number of sulfonamides is 1. The Bertz CT molecular complexity index is 853. The largest absolute Gasteiger partial charge is 0.347 e. The fourth-order valence-corrected chi connectivity index (χ4v) is 5.18. The van der Waals surface area contributed by atoms with Gasteiger partial charge in [0.25, 0.3) is 5.91 Å². The van der Waals surface area contributed by atoms with Gasteiger partial charge in [0.2, 0.25) is 10.0 Å². The standard InChI is InChI=1S/C18H22N2O3S2/c1-13-9-10-24-17(13)12-19-18(21)14-5-4-8-16(11-14)25(22,23)20-15-6-2-3-7-15/h4-5,8-11,15,20H,2-3,6-7,12H2,1H3,(H,19,21). The predicted octanol–water partition coefficient (Wildman–Crippen LogP) is 3.21. The highest BCUT2D eigenvalue weighted by atomic mass is 32.2. The van der Waals surface area contributed by atoms with Gasteiger partial charge in [-0.25, -0.2) is 13.1 Å². The molecule has 5 nitrogen and oxygen atoms in total. The zero-order chi connectivity index (χ0) is 17.9. The Hall–Kier alpha value is -1.70. The summed E-state index contributed by atoms with van der Waals surface area (Å²) < 4.78 is 27.8. The van der Waals surface area contributed by atoms with E-state index in [0.717, 1.165) is 36.1 Å². The van der Waals surface area contributed by atoms with Crippen molar-refractivity contribution < 1.29 is 13.2 Å². The van der Waals surface area contributed by atoms with Crippen molar-refractivity contribution in [1.29, 1.82) is 0 Å². The maximum absolute atomic E-state index is 12.5. The van der Waals surface area contributed by atoms with E-state index in [1.807, 2.05) is 18.4 Å². The first-order chi connectivity index (χ1) is 12.0. The van der Waals surface area contributed by atoms with Crippen LogP contribution in [0.15, 0.2) is 40.6 Å². The summed E-state index contributed by atoms with van der Waals surface area (Å²) in [6, 6.07) is 8.21. The van der Waals surface area contributed by atoms with Gasteiger partial charge in [0.1, 0.15) is 0 Å². The molecular formula is C18H22N2O3S2. The summed E-state index contributed by atoms with van der Waals surface area (Å²) in [7, 11) is -3.59. The second-order valence-electron chi connectivity index (χ2n) is 6.34. The SMILES string of the molecule is Cc1ccsc1CNC(=O)c1cccc(S(=O)(=O)NC2CCCC2)c1. The van der Waals surface area contributed by atoms with Gasteiger partial charge >= 0.3 is 0 Å². The molecule has 1 amide bonds. The van der Waals surface area contributed by atoms with E-state index in [0.29, 0.717) is 12.1 Å². The lowest BCUT2D eigenvalue weighted by atomic mass is 10.2. The molecule has 1 heterocycles. The first kappa shape index (κ1) is 18.1. The molecule has 3 rings (SSSR count). The van der Waals surface area contributed by atoms with Gasteiger partial charge in [0.15, 0.2) is 0 Å². The maximum Gasteiger partial charge on any atom is 0.251 e. The molecule has 0 unspecified atom stereocenters. The van der Waals surface area contributed by atoms with Crippen LogP contribution in [0.3, 0.4) is 0 Å². The monoisotopic (exact) mass is 378 g/mol. The van der Waals surface area contributed by atoms with Crippen molar-refractivity contribution in [3.05, 3.63) is 51.7 Å². The molecule has 0 atom stereocenters. The Kier molecular flexibility index (Phi) is 5.56. The van der Waals surface area contributed by atoms with Crippen molar-refractivity contribution in [1.82, 2.24) is 10.0 Å². The Morgan fingerprint density at radius 1 is 1.24 bits per heavy atom. The smallest absolute Gasteiger partial charge is 0.251 e. The van der Waals surface area contributed by atoms with E-state index >= 15 is 0 Å². The van der Waals surface area contributed by atoms with Gasteiger partial charge in [-0.15, -0.1) is 11.3 Å².